The summed E-state index contributed by atoms with van der Waals surface area (Å²) in [5, 5.41) is 6.66. The number of aromatic amines is 1. The predicted octanol–water partition coefficient (Wildman–Crippen LogP) is 6.22. The zero-order valence-corrected chi connectivity index (χ0v) is 27.9. The Morgan fingerprint density at radius 1 is 1.18 bits per heavy atom. The molecule has 0 spiro atoms. The molecule has 0 amide bonds. The monoisotopic (exact) mass is 695 g/mol. The number of nitrogens with two attached hydrogens (primary N) is 1. The molecule has 5 aromatic rings. The average Bonchev–Trinajstić information content (AvgIpc) is 3.39. The topological polar surface area (TPSA) is 131 Å². The van der Waals surface area contributed by atoms with Crippen LogP contribution in [0, 0.1) is 29.9 Å². The minimum Gasteiger partial charge on any atom is -0.475 e. The number of rotatable bonds is 6. The van der Waals surface area contributed by atoms with Gasteiger partial charge in [-0.05, 0) is 63.3 Å². The molecule has 262 valence electrons. The normalized spacial score (nSPS) is 24.0. The maximum absolute atomic E-state index is 17.1. The van der Waals surface area contributed by atoms with Crippen LogP contribution < -0.4 is 20.1 Å². The van der Waals surface area contributed by atoms with Crippen molar-refractivity contribution in [1.82, 2.24) is 35.0 Å². The van der Waals surface area contributed by atoms with E-state index >= 15 is 4.39 Å². The fourth-order valence-electron chi connectivity index (χ4n) is 8.09. The molecule has 4 unspecified atom stereocenters. The first-order valence-corrected chi connectivity index (χ1v) is 16.3. The smallest absolute Gasteiger partial charge is 0.417 e. The van der Waals surface area contributed by atoms with Crippen molar-refractivity contribution in [3.8, 4) is 23.1 Å². The van der Waals surface area contributed by atoms with Gasteiger partial charge in [-0.15, -0.1) is 0 Å². The molecule has 50 heavy (non-hydrogen) atoms. The lowest BCUT2D eigenvalue weighted by molar-refractivity contribution is -0.137. The lowest BCUT2D eigenvalue weighted by Gasteiger charge is -2.35. The summed E-state index contributed by atoms with van der Waals surface area (Å²) in [6.07, 6.45) is -1.59. The number of hydrogen-bond acceptors (Lipinski definition) is 10. The number of likely N-dealkylation sites (tertiary alicyclic amines) is 1. The molecular weight excluding hydrogens is 661 g/mol. The minimum atomic E-state index is -4.86. The SMILES string of the molecule is Cc1cc2[nH]ncc2c(-c2nc3c4c(nc(OCC5C6CC6(C)CN5C)nc4c2F)N(C(C)c2cc(F)cnc2N)[C@@H](C)CO3)c1C(F)(F)F. The van der Waals surface area contributed by atoms with Crippen molar-refractivity contribution in [1.29, 1.82) is 0 Å². The average molecular weight is 696 g/mol. The van der Waals surface area contributed by atoms with E-state index in [9.17, 15) is 17.6 Å². The Labute approximate surface area is 283 Å². The number of halogens is 5. The van der Waals surface area contributed by atoms with E-state index in [1.54, 1.807) is 11.8 Å². The predicted molar refractivity (Wildman–Crippen MR) is 175 cm³/mol. The van der Waals surface area contributed by atoms with Crippen LogP contribution in [0.4, 0.5) is 33.6 Å². The first kappa shape index (κ1) is 32.4. The zero-order chi connectivity index (χ0) is 35.4. The number of alkyl halides is 3. The molecular formula is C34H34F5N9O2. The number of hydrogen-bond donors (Lipinski definition) is 2. The summed E-state index contributed by atoms with van der Waals surface area (Å²) in [5.74, 6) is -1.25. The van der Waals surface area contributed by atoms with Gasteiger partial charge in [0.15, 0.2) is 5.82 Å². The summed E-state index contributed by atoms with van der Waals surface area (Å²) in [4.78, 5) is 21.6. The summed E-state index contributed by atoms with van der Waals surface area (Å²) in [7, 11) is 2.01. The van der Waals surface area contributed by atoms with E-state index in [1.165, 1.54) is 25.3 Å². The van der Waals surface area contributed by atoms with Crippen LogP contribution in [0.15, 0.2) is 24.5 Å². The Balaban J connectivity index is 1.36. The molecule has 2 aliphatic heterocycles. The third-order valence-corrected chi connectivity index (χ3v) is 10.6. The van der Waals surface area contributed by atoms with E-state index in [4.69, 9.17) is 20.2 Å². The van der Waals surface area contributed by atoms with Crippen LogP contribution in [0.2, 0.25) is 0 Å². The molecule has 5 atom stereocenters. The van der Waals surface area contributed by atoms with Crippen molar-refractivity contribution in [3.63, 3.8) is 0 Å². The van der Waals surface area contributed by atoms with Crippen molar-refractivity contribution in [2.75, 3.05) is 37.4 Å². The number of likely N-dealkylation sites (N-methyl/N-ethyl adjacent to an activating group) is 1. The van der Waals surface area contributed by atoms with Gasteiger partial charge in [-0.2, -0.15) is 28.2 Å². The first-order valence-electron chi connectivity index (χ1n) is 16.3. The van der Waals surface area contributed by atoms with Crippen molar-refractivity contribution in [3.05, 3.63) is 52.9 Å². The van der Waals surface area contributed by atoms with Crippen LogP contribution in [-0.4, -0.2) is 73.9 Å². The number of benzene rings is 1. The lowest BCUT2D eigenvalue weighted by atomic mass is 9.94. The summed E-state index contributed by atoms with van der Waals surface area (Å²) in [6, 6.07) is 1.28. The van der Waals surface area contributed by atoms with Gasteiger partial charge in [-0.1, -0.05) is 6.92 Å². The molecule has 1 aromatic carbocycles. The van der Waals surface area contributed by atoms with Crippen LogP contribution in [0.3, 0.4) is 0 Å². The van der Waals surface area contributed by atoms with E-state index in [2.05, 4.69) is 37.0 Å². The zero-order valence-electron chi connectivity index (χ0n) is 27.9. The highest BCUT2D eigenvalue weighted by Gasteiger charge is 2.60. The fraction of sp³-hybridized carbons (Fsp3) is 0.441. The standard InChI is InChI=1S/C34H34F5N9O2/c1-14-6-21-19(10-42-46-21)23(25(14)34(37,38)39)27-26(36)28-24-30(45-32(44-28)50-12-22-20-8-33(20,4)13-47(22)5)48(15(2)11-49-31(24)43-27)16(3)18-7-17(35)9-41-29(18)40/h6-7,9-10,15-16,20,22H,8,11-13H2,1-5H3,(H2,40,41)(H,42,46)/t15-,16?,20?,22?,33?/m0/s1. The first-order chi connectivity index (χ1) is 23.7. The van der Waals surface area contributed by atoms with E-state index in [1.807, 2.05) is 14.0 Å². The van der Waals surface area contributed by atoms with E-state index < -0.39 is 46.7 Å². The van der Waals surface area contributed by atoms with Crippen LogP contribution >= 0.6 is 0 Å². The van der Waals surface area contributed by atoms with Gasteiger partial charge >= 0.3 is 12.2 Å². The van der Waals surface area contributed by atoms with Crippen LogP contribution in [0.25, 0.3) is 33.1 Å². The highest BCUT2D eigenvalue weighted by atomic mass is 19.4. The quantitative estimate of drug-likeness (QED) is 0.198. The second kappa shape index (κ2) is 11.1. The van der Waals surface area contributed by atoms with Gasteiger partial charge in [0, 0.05) is 29.1 Å². The minimum absolute atomic E-state index is 0.0229. The number of fused-ring (bicyclic) bond motifs is 2. The lowest BCUT2D eigenvalue weighted by Crippen LogP contribution is -2.39. The summed E-state index contributed by atoms with van der Waals surface area (Å²) in [6.45, 7) is 8.18. The van der Waals surface area contributed by atoms with E-state index in [0.717, 1.165) is 19.2 Å². The number of nitrogens with one attached hydrogen (secondary N) is 1. The van der Waals surface area contributed by atoms with Gasteiger partial charge in [0.25, 0.3) is 0 Å². The molecule has 0 bridgehead atoms. The summed E-state index contributed by atoms with van der Waals surface area (Å²) < 4.78 is 88.1. The van der Waals surface area contributed by atoms with Gasteiger partial charge in [0.1, 0.15) is 47.3 Å². The molecule has 1 saturated carbocycles. The van der Waals surface area contributed by atoms with Crippen LogP contribution in [0.5, 0.6) is 11.9 Å². The molecule has 3 N–H and O–H groups in total. The second-order valence-electron chi connectivity index (χ2n) is 14.0. The van der Waals surface area contributed by atoms with Gasteiger partial charge < -0.3 is 20.1 Å². The van der Waals surface area contributed by atoms with Gasteiger partial charge in [-0.3, -0.25) is 10.00 Å². The molecule has 16 heteroatoms. The number of H-pyrrole nitrogens is 1. The highest BCUT2D eigenvalue weighted by Crippen LogP contribution is 2.60. The van der Waals surface area contributed by atoms with Crippen molar-refractivity contribution in [2.24, 2.45) is 11.3 Å². The number of ether oxygens (including phenoxy) is 2. The summed E-state index contributed by atoms with van der Waals surface area (Å²) >= 11 is 0. The molecule has 6 heterocycles. The number of nitrogens with zero attached hydrogens (tertiary/aromatic N) is 7. The third-order valence-electron chi connectivity index (χ3n) is 10.6. The van der Waals surface area contributed by atoms with Crippen LogP contribution in [0.1, 0.15) is 49.9 Å². The molecule has 0 radical (unpaired) electrons. The Hall–Kier alpha value is -4.86. The van der Waals surface area contributed by atoms with Crippen LogP contribution in [-0.2, 0) is 6.18 Å². The fourth-order valence-corrected chi connectivity index (χ4v) is 8.09. The number of piperidine rings is 1. The molecule has 3 aliphatic rings. The van der Waals surface area contributed by atoms with E-state index in [0.29, 0.717) is 11.5 Å². The Morgan fingerprint density at radius 3 is 2.68 bits per heavy atom. The highest BCUT2D eigenvalue weighted by molar-refractivity contribution is 6.02. The maximum Gasteiger partial charge on any atom is 0.417 e. The largest absolute Gasteiger partial charge is 0.475 e. The van der Waals surface area contributed by atoms with Gasteiger partial charge in [-0.25, -0.2) is 18.7 Å². The molecule has 11 nitrogen and oxygen atoms in total. The Bertz CT molecular complexity index is 2190. The molecule has 1 aliphatic carbocycles. The molecule has 8 rings (SSSR count). The second-order valence-corrected chi connectivity index (χ2v) is 14.0. The molecule has 4 aromatic heterocycles. The number of aromatic nitrogens is 6. The Kier molecular flexibility index (Phi) is 7.16. The summed E-state index contributed by atoms with van der Waals surface area (Å²) in [5.41, 5.74) is 4.37. The van der Waals surface area contributed by atoms with Gasteiger partial charge in [0.05, 0.1) is 35.6 Å². The molecule has 1 saturated heterocycles. The van der Waals surface area contributed by atoms with E-state index in [-0.39, 0.29) is 75.6 Å². The maximum atomic E-state index is 17.1. The molecule has 2 fully saturated rings. The number of nitrogen functional groups attached to an aromatic ring is 1. The van der Waals surface area contributed by atoms with Crippen molar-refractivity contribution >= 4 is 33.4 Å². The number of pyridine rings is 2. The van der Waals surface area contributed by atoms with Crippen molar-refractivity contribution < 1.29 is 31.4 Å². The van der Waals surface area contributed by atoms with Gasteiger partial charge in [0.2, 0.25) is 5.88 Å². The van der Waals surface area contributed by atoms with Crippen molar-refractivity contribution in [2.45, 2.75) is 58.4 Å². The number of aryl methyl sites for hydroxylation is 1. The number of anilines is 2. The third kappa shape index (κ3) is 4.97. The Morgan fingerprint density at radius 2 is 1.96 bits per heavy atom.